The van der Waals surface area contributed by atoms with Crippen LogP contribution in [0.3, 0.4) is 0 Å². The molecule has 0 aliphatic heterocycles. The third-order valence-electron chi connectivity index (χ3n) is 3.73. The maximum absolute atomic E-state index is 13.3. The number of aromatic carboxylic acids is 1. The lowest BCUT2D eigenvalue weighted by Gasteiger charge is -2.24. The maximum atomic E-state index is 13.3. The zero-order valence-corrected chi connectivity index (χ0v) is 9.98. The van der Waals surface area contributed by atoms with Crippen molar-refractivity contribution < 1.29 is 18.7 Å². The van der Waals surface area contributed by atoms with E-state index in [-0.39, 0.29) is 17.0 Å². The number of alkyl halides is 2. The number of halogens is 2. The third kappa shape index (κ3) is 2.52. The van der Waals surface area contributed by atoms with Gasteiger partial charge in [-0.25, -0.2) is 13.6 Å². The van der Waals surface area contributed by atoms with Gasteiger partial charge in [0.2, 0.25) is 6.43 Å². The predicted molar refractivity (Wildman–Crippen MR) is 64.1 cm³/mol. The minimum atomic E-state index is -2.51. The van der Waals surface area contributed by atoms with Gasteiger partial charge in [-0.1, -0.05) is 31.0 Å². The van der Waals surface area contributed by atoms with E-state index in [1.165, 1.54) is 12.1 Å². The van der Waals surface area contributed by atoms with Crippen molar-refractivity contribution in [2.75, 3.05) is 0 Å². The van der Waals surface area contributed by atoms with E-state index in [1.54, 1.807) is 12.1 Å². The molecule has 1 aliphatic rings. The molecule has 0 radical (unpaired) electrons. The Kier molecular flexibility index (Phi) is 3.94. The second kappa shape index (κ2) is 5.46. The van der Waals surface area contributed by atoms with Crippen molar-refractivity contribution in [1.82, 2.24) is 0 Å². The molecule has 2 rings (SSSR count). The maximum Gasteiger partial charge on any atom is 0.335 e. The fourth-order valence-electron chi connectivity index (χ4n) is 2.89. The van der Waals surface area contributed by atoms with E-state index in [4.69, 9.17) is 5.11 Å². The first-order valence-corrected chi connectivity index (χ1v) is 6.21. The molecule has 0 spiro atoms. The van der Waals surface area contributed by atoms with Crippen LogP contribution in [0, 0.1) is 5.92 Å². The number of hydrogen-bond donors (Lipinski definition) is 1. The molecule has 98 valence electrons. The van der Waals surface area contributed by atoms with Crippen molar-refractivity contribution >= 4 is 5.97 Å². The molecular weight excluding hydrogens is 238 g/mol. The molecule has 0 bridgehead atoms. The fraction of sp³-hybridized carbons (Fsp3) is 0.500. The summed E-state index contributed by atoms with van der Waals surface area (Å²) in [6.45, 7) is 0. The minimum absolute atomic E-state index is 0.00898. The Labute approximate surface area is 105 Å². The Bertz CT molecular complexity index is 426. The average molecular weight is 254 g/mol. The molecule has 4 heteroatoms. The van der Waals surface area contributed by atoms with Crippen molar-refractivity contribution in [2.45, 2.75) is 38.0 Å². The van der Waals surface area contributed by atoms with Gasteiger partial charge in [-0.05, 0) is 30.4 Å². The van der Waals surface area contributed by atoms with Gasteiger partial charge >= 0.3 is 5.97 Å². The van der Waals surface area contributed by atoms with Gasteiger partial charge in [0, 0.05) is 5.92 Å². The number of rotatable bonds is 4. The zero-order valence-electron chi connectivity index (χ0n) is 9.98. The van der Waals surface area contributed by atoms with Crippen LogP contribution < -0.4 is 0 Å². The van der Waals surface area contributed by atoms with Crippen LogP contribution in [0.15, 0.2) is 24.3 Å². The normalized spacial score (nSPS) is 18.2. The smallest absolute Gasteiger partial charge is 0.335 e. The first-order valence-electron chi connectivity index (χ1n) is 6.21. The lowest BCUT2D eigenvalue weighted by molar-refractivity contribution is 0.0681. The standard InChI is InChI=1S/C14H16F2O2/c15-13(16)12(9-5-1-2-6-9)10-7-3-4-8-11(10)14(17)18/h3-4,7-9,12-13H,1-2,5-6H2,(H,17,18). The molecule has 1 atom stereocenters. The number of carboxylic acids is 1. The van der Waals surface area contributed by atoms with Crippen LogP contribution in [0.5, 0.6) is 0 Å². The highest BCUT2D eigenvalue weighted by molar-refractivity contribution is 5.89. The summed E-state index contributed by atoms with van der Waals surface area (Å²) in [4.78, 5) is 11.1. The third-order valence-corrected chi connectivity index (χ3v) is 3.73. The summed E-state index contributed by atoms with van der Waals surface area (Å²) in [7, 11) is 0. The van der Waals surface area contributed by atoms with Crippen molar-refractivity contribution in [3.63, 3.8) is 0 Å². The first kappa shape index (κ1) is 13.0. The van der Waals surface area contributed by atoms with Crippen molar-refractivity contribution in [3.05, 3.63) is 35.4 Å². The van der Waals surface area contributed by atoms with Crippen LogP contribution in [-0.2, 0) is 0 Å². The summed E-state index contributed by atoms with van der Waals surface area (Å²) in [6, 6.07) is 6.14. The van der Waals surface area contributed by atoms with E-state index in [0.29, 0.717) is 0 Å². The highest BCUT2D eigenvalue weighted by Crippen LogP contribution is 2.41. The fourth-order valence-corrected chi connectivity index (χ4v) is 2.89. The van der Waals surface area contributed by atoms with Crippen LogP contribution in [0.2, 0.25) is 0 Å². The SMILES string of the molecule is O=C(O)c1ccccc1C(C(F)F)C1CCCC1. The minimum Gasteiger partial charge on any atom is -0.478 e. The molecule has 18 heavy (non-hydrogen) atoms. The number of carboxylic acid groups (broad SMARTS) is 1. The average Bonchev–Trinajstić information content (AvgIpc) is 2.83. The first-order chi connectivity index (χ1) is 8.61. The van der Waals surface area contributed by atoms with E-state index < -0.39 is 18.3 Å². The second-order valence-electron chi connectivity index (χ2n) is 4.80. The largest absolute Gasteiger partial charge is 0.478 e. The lowest BCUT2D eigenvalue weighted by atomic mass is 9.83. The zero-order chi connectivity index (χ0) is 13.1. The Morgan fingerprint density at radius 1 is 1.22 bits per heavy atom. The second-order valence-corrected chi connectivity index (χ2v) is 4.80. The molecule has 1 aliphatic carbocycles. The van der Waals surface area contributed by atoms with Crippen LogP contribution in [0.1, 0.15) is 47.5 Å². The highest BCUT2D eigenvalue weighted by Gasteiger charge is 2.35. The van der Waals surface area contributed by atoms with E-state index in [0.717, 1.165) is 25.7 Å². The van der Waals surface area contributed by atoms with Crippen LogP contribution in [0.4, 0.5) is 8.78 Å². The Morgan fingerprint density at radius 2 is 1.83 bits per heavy atom. The molecule has 0 saturated heterocycles. The van der Waals surface area contributed by atoms with Gasteiger partial charge < -0.3 is 5.11 Å². The number of benzene rings is 1. The van der Waals surface area contributed by atoms with Gasteiger partial charge in [-0.2, -0.15) is 0 Å². The van der Waals surface area contributed by atoms with Crippen molar-refractivity contribution in [2.24, 2.45) is 5.92 Å². The van der Waals surface area contributed by atoms with Crippen LogP contribution in [-0.4, -0.2) is 17.5 Å². The number of carbonyl (C=O) groups is 1. The highest BCUT2D eigenvalue weighted by atomic mass is 19.3. The van der Waals surface area contributed by atoms with Gasteiger partial charge in [0.05, 0.1) is 5.56 Å². The Hall–Kier alpha value is -1.45. The van der Waals surface area contributed by atoms with Gasteiger partial charge in [0.15, 0.2) is 0 Å². The Morgan fingerprint density at radius 3 is 2.39 bits per heavy atom. The quantitative estimate of drug-likeness (QED) is 0.884. The van der Waals surface area contributed by atoms with Gasteiger partial charge in [0.1, 0.15) is 0 Å². The molecule has 1 fully saturated rings. The molecule has 0 aromatic heterocycles. The van der Waals surface area contributed by atoms with Crippen LogP contribution >= 0.6 is 0 Å². The van der Waals surface area contributed by atoms with Crippen molar-refractivity contribution in [3.8, 4) is 0 Å². The van der Waals surface area contributed by atoms with Crippen molar-refractivity contribution in [1.29, 1.82) is 0 Å². The van der Waals surface area contributed by atoms with Gasteiger partial charge in [-0.15, -0.1) is 0 Å². The molecule has 0 heterocycles. The summed E-state index contributed by atoms with van der Waals surface area (Å²) in [5.74, 6) is -2.17. The van der Waals surface area contributed by atoms with E-state index in [9.17, 15) is 13.6 Å². The van der Waals surface area contributed by atoms with Gasteiger partial charge in [-0.3, -0.25) is 0 Å². The summed E-state index contributed by atoms with van der Waals surface area (Å²) in [5.41, 5.74) is 0.293. The van der Waals surface area contributed by atoms with E-state index >= 15 is 0 Å². The lowest BCUT2D eigenvalue weighted by Crippen LogP contribution is -2.20. The monoisotopic (exact) mass is 254 g/mol. The summed E-state index contributed by atoms with van der Waals surface area (Å²) < 4.78 is 26.6. The topological polar surface area (TPSA) is 37.3 Å². The summed E-state index contributed by atoms with van der Waals surface area (Å²) >= 11 is 0. The molecule has 0 amide bonds. The van der Waals surface area contributed by atoms with E-state index in [2.05, 4.69) is 0 Å². The number of hydrogen-bond acceptors (Lipinski definition) is 1. The van der Waals surface area contributed by atoms with E-state index in [1.807, 2.05) is 0 Å². The molecule has 1 N–H and O–H groups in total. The predicted octanol–water partition coefficient (Wildman–Crippen LogP) is 3.92. The molecule has 1 aromatic carbocycles. The molecule has 1 saturated carbocycles. The van der Waals surface area contributed by atoms with Gasteiger partial charge in [0.25, 0.3) is 0 Å². The summed E-state index contributed by atoms with van der Waals surface area (Å²) in [5, 5.41) is 9.09. The molecular formula is C14H16F2O2. The Balaban J connectivity index is 2.39. The van der Waals surface area contributed by atoms with Crippen LogP contribution in [0.25, 0.3) is 0 Å². The molecule has 1 aromatic rings. The molecule has 2 nitrogen and oxygen atoms in total. The summed E-state index contributed by atoms with van der Waals surface area (Å²) in [6.07, 6.45) is 0.951. The molecule has 1 unspecified atom stereocenters.